The molecular weight excluding hydrogens is 250 g/mol. The lowest BCUT2D eigenvalue weighted by Gasteiger charge is -2.24. The summed E-state index contributed by atoms with van der Waals surface area (Å²) in [4.78, 5) is 22.6. The van der Waals surface area contributed by atoms with Crippen LogP contribution in [0.5, 0.6) is 0 Å². The number of hydrogen-bond acceptors (Lipinski definition) is 4. The van der Waals surface area contributed by atoms with Crippen LogP contribution in [0.4, 0.5) is 4.79 Å². The minimum atomic E-state index is -1.26. The number of urea groups is 1. The maximum Gasteiger partial charge on any atom is 0.329 e. The Morgan fingerprint density at radius 1 is 1.53 bits per heavy atom. The van der Waals surface area contributed by atoms with Gasteiger partial charge in [0.15, 0.2) is 0 Å². The molecule has 106 valence electrons. The fourth-order valence-corrected chi connectivity index (χ4v) is 1.41. The lowest BCUT2D eigenvalue weighted by atomic mass is 10.00. The summed E-state index contributed by atoms with van der Waals surface area (Å²) in [6.45, 7) is 3.53. The molecule has 0 saturated carbocycles. The Balaban J connectivity index is 2.40. The Morgan fingerprint density at radius 3 is 2.68 bits per heavy atom. The smallest absolute Gasteiger partial charge is 0.329 e. The van der Waals surface area contributed by atoms with Gasteiger partial charge in [-0.2, -0.15) is 0 Å². The van der Waals surface area contributed by atoms with Gasteiger partial charge in [0.05, 0.1) is 0 Å². The van der Waals surface area contributed by atoms with Crippen LogP contribution in [0.3, 0.4) is 0 Å². The van der Waals surface area contributed by atoms with Crippen LogP contribution in [0.1, 0.15) is 26.1 Å². The van der Waals surface area contributed by atoms with Crippen LogP contribution in [-0.4, -0.2) is 44.0 Å². The predicted molar refractivity (Wildman–Crippen MR) is 67.6 cm³/mol. The fraction of sp³-hybridized carbons (Fsp3) is 0.636. The highest BCUT2D eigenvalue weighted by Crippen LogP contribution is 2.08. The van der Waals surface area contributed by atoms with Crippen LogP contribution >= 0.6 is 0 Å². The van der Waals surface area contributed by atoms with Crippen molar-refractivity contribution in [2.45, 2.75) is 32.2 Å². The molecule has 0 spiro atoms. The second-order valence-corrected chi connectivity index (χ2v) is 4.48. The molecule has 1 heterocycles. The molecule has 0 radical (unpaired) electrons. The van der Waals surface area contributed by atoms with Crippen molar-refractivity contribution < 1.29 is 14.7 Å². The number of carbonyl (C=O) groups excluding carboxylic acids is 1. The summed E-state index contributed by atoms with van der Waals surface area (Å²) in [5.41, 5.74) is -1.26. The third-order valence-corrected chi connectivity index (χ3v) is 3.01. The van der Waals surface area contributed by atoms with Crippen LogP contribution in [0, 0.1) is 0 Å². The molecule has 0 aliphatic heterocycles. The Labute approximate surface area is 111 Å². The van der Waals surface area contributed by atoms with Crippen LogP contribution < -0.4 is 10.6 Å². The normalized spacial score (nSPS) is 13.6. The molecule has 0 fully saturated rings. The quantitative estimate of drug-likeness (QED) is 0.668. The number of carbonyl (C=O) groups is 2. The molecular formula is C11H19N5O3. The summed E-state index contributed by atoms with van der Waals surface area (Å²) < 4.78 is 1.76. The number of rotatable bonds is 6. The van der Waals surface area contributed by atoms with E-state index in [0.29, 0.717) is 19.4 Å². The first-order valence-electron chi connectivity index (χ1n) is 6.01. The summed E-state index contributed by atoms with van der Waals surface area (Å²) >= 11 is 0. The van der Waals surface area contributed by atoms with Gasteiger partial charge in [-0.3, -0.25) is 0 Å². The van der Waals surface area contributed by atoms with Crippen LogP contribution in [-0.2, 0) is 18.3 Å². The third kappa shape index (κ3) is 3.94. The summed E-state index contributed by atoms with van der Waals surface area (Å²) in [5.74, 6) is -0.310. The van der Waals surface area contributed by atoms with Crippen molar-refractivity contribution in [2.24, 2.45) is 7.05 Å². The summed E-state index contributed by atoms with van der Waals surface area (Å²) in [6, 6.07) is -0.506. The Kier molecular flexibility index (Phi) is 4.85. The number of nitrogens with zero attached hydrogens (tertiary/aromatic N) is 3. The van der Waals surface area contributed by atoms with Gasteiger partial charge < -0.3 is 20.3 Å². The molecule has 1 atom stereocenters. The van der Waals surface area contributed by atoms with Crippen molar-refractivity contribution >= 4 is 12.0 Å². The van der Waals surface area contributed by atoms with Crippen molar-refractivity contribution in [3.05, 3.63) is 12.2 Å². The highest BCUT2D eigenvalue weighted by Gasteiger charge is 2.32. The molecule has 0 saturated heterocycles. The third-order valence-electron chi connectivity index (χ3n) is 3.01. The first-order valence-corrected chi connectivity index (χ1v) is 6.01. The van der Waals surface area contributed by atoms with E-state index in [4.69, 9.17) is 5.11 Å². The monoisotopic (exact) mass is 269 g/mol. The van der Waals surface area contributed by atoms with E-state index >= 15 is 0 Å². The highest BCUT2D eigenvalue weighted by atomic mass is 16.4. The topological polar surface area (TPSA) is 109 Å². The Bertz CT molecular complexity index is 459. The molecule has 1 rings (SSSR count). The maximum absolute atomic E-state index is 11.6. The van der Waals surface area contributed by atoms with Crippen molar-refractivity contribution in [1.82, 2.24) is 25.4 Å². The summed E-state index contributed by atoms with van der Waals surface area (Å²) in [6.07, 6.45) is 2.41. The zero-order valence-corrected chi connectivity index (χ0v) is 11.3. The summed E-state index contributed by atoms with van der Waals surface area (Å²) in [7, 11) is 1.81. The minimum Gasteiger partial charge on any atom is -0.480 e. The van der Waals surface area contributed by atoms with Gasteiger partial charge in [0, 0.05) is 20.0 Å². The van der Waals surface area contributed by atoms with E-state index in [1.807, 2.05) is 7.05 Å². The fourth-order valence-electron chi connectivity index (χ4n) is 1.41. The van der Waals surface area contributed by atoms with Gasteiger partial charge in [-0.05, 0) is 13.3 Å². The van der Waals surface area contributed by atoms with E-state index in [9.17, 15) is 9.59 Å². The van der Waals surface area contributed by atoms with Gasteiger partial charge in [0.25, 0.3) is 0 Å². The van der Waals surface area contributed by atoms with Crippen molar-refractivity contribution in [3.8, 4) is 0 Å². The maximum atomic E-state index is 11.6. The molecule has 8 nitrogen and oxygen atoms in total. The van der Waals surface area contributed by atoms with Gasteiger partial charge >= 0.3 is 12.0 Å². The number of amides is 2. The van der Waals surface area contributed by atoms with E-state index in [0.717, 1.165) is 5.82 Å². The summed E-state index contributed by atoms with van der Waals surface area (Å²) in [5, 5.41) is 21.7. The highest BCUT2D eigenvalue weighted by molar-refractivity contribution is 5.85. The number of aliphatic carboxylic acids is 1. The first kappa shape index (κ1) is 14.9. The van der Waals surface area contributed by atoms with Gasteiger partial charge in [0.1, 0.15) is 17.7 Å². The second kappa shape index (κ2) is 6.17. The number of carboxylic acid groups (broad SMARTS) is 1. The average molecular weight is 269 g/mol. The van der Waals surface area contributed by atoms with Crippen LogP contribution in [0.15, 0.2) is 6.33 Å². The molecule has 3 N–H and O–H groups in total. The molecule has 2 amide bonds. The molecule has 1 aromatic rings. The first-order chi connectivity index (χ1) is 8.89. The largest absolute Gasteiger partial charge is 0.480 e. The van der Waals surface area contributed by atoms with Crippen molar-refractivity contribution in [1.29, 1.82) is 0 Å². The standard InChI is InChI=1S/C11H19N5O3/c1-4-11(2,9(17)18)14-10(19)12-6-5-8-15-13-7-16(8)3/h7H,4-6H2,1-3H3,(H,17,18)(H2,12,14,19). The van der Waals surface area contributed by atoms with E-state index in [2.05, 4.69) is 20.8 Å². The molecule has 0 aliphatic carbocycles. The molecule has 1 unspecified atom stereocenters. The van der Waals surface area contributed by atoms with Crippen LogP contribution in [0.2, 0.25) is 0 Å². The van der Waals surface area contributed by atoms with Crippen molar-refractivity contribution in [2.75, 3.05) is 6.54 Å². The Morgan fingerprint density at radius 2 is 2.21 bits per heavy atom. The number of carboxylic acids is 1. The van der Waals surface area contributed by atoms with E-state index in [1.54, 1.807) is 17.8 Å². The molecule has 0 bridgehead atoms. The zero-order valence-electron chi connectivity index (χ0n) is 11.3. The lowest BCUT2D eigenvalue weighted by molar-refractivity contribution is -0.143. The van der Waals surface area contributed by atoms with E-state index in [1.165, 1.54) is 6.92 Å². The van der Waals surface area contributed by atoms with Gasteiger partial charge in [-0.15, -0.1) is 10.2 Å². The SMILES string of the molecule is CCC(C)(NC(=O)NCCc1nncn1C)C(=O)O. The van der Waals surface area contributed by atoms with Gasteiger partial charge in [-0.25, -0.2) is 9.59 Å². The molecule has 8 heteroatoms. The molecule has 1 aromatic heterocycles. The number of aryl methyl sites for hydroxylation is 1. The van der Waals surface area contributed by atoms with E-state index in [-0.39, 0.29) is 0 Å². The predicted octanol–water partition coefficient (Wildman–Crippen LogP) is -0.0899. The lowest BCUT2D eigenvalue weighted by Crippen LogP contribution is -2.55. The number of hydrogen-bond donors (Lipinski definition) is 3. The van der Waals surface area contributed by atoms with E-state index < -0.39 is 17.5 Å². The minimum absolute atomic E-state index is 0.305. The van der Waals surface area contributed by atoms with Crippen LogP contribution in [0.25, 0.3) is 0 Å². The molecule has 0 aromatic carbocycles. The van der Waals surface area contributed by atoms with Gasteiger partial charge in [0.2, 0.25) is 0 Å². The molecule has 19 heavy (non-hydrogen) atoms. The van der Waals surface area contributed by atoms with Crippen molar-refractivity contribution in [3.63, 3.8) is 0 Å². The average Bonchev–Trinajstić information content (AvgIpc) is 2.74. The Hall–Kier alpha value is -2.12. The number of nitrogens with one attached hydrogen (secondary N) is 2. The molecule has 0 aliphatic rings. The number of aromatic nitrogens is 3. The van der Waals surface area contributed by atoms with Gasteiger partial charge in [-0.1, -0.05) is 6.92 Å². The second-order valence-electron chi connectivity index (χ2n) is 4.48. The zero-order chi connectivity index (χ0) is 14.5.